The van der Waals surface area contributed by atoms with Crippen LogP contribution in [0.15, 0.2) is 5.38 Å². The minimum absolute atomic E-state index is 0.0508. The SMILES string of the molecule is CC(C)SCC(=O)Nc1nc(CCCC(=O)O)cs1. The number of carbonyl (C=O) groups excluding carboxylic acids is 1. The van der Waals surface area contributed by atoms with Gasteiger partial charge in [0, 0.05) is 11.8 Å². The van der Waals surface area contributed by atoms with Gasteiger partial charge in [0.05, 0.1) is 11.4 Å². The average Bonchev–Trinajstić information content (AvgIpc) is 2.73. The highest BCUT2D eigenvalue weighted by molar-refractivity contribution is 8.00. The Bertz CT molecular complexity index is 432. The summed E-state index contributed by atoms with van der Waals surface area (Å²) in [5.41, 5.74) is 0.832. The van der Waals surface area contributed by atoms with E-state index in [4.69, 9.17) is 5.11 Å². The predicted molar refractivity (Wildman–Crippen MR) is 78.9 cm³/mol. The fraction of sp³-hybridized carbons (Fsp3) is 0.583. The zero-order valence-electron chi connectivity index (χ0n) is 11.0. The minimum atomic E-state index is -0.797. The Morgan fingerprint density at radius 3 is 2.89 bits per heavy atom. The number of hydrogen-bond donors (Lipinski definition) is 2. The number of rotatable bonds is 8. The Morgan fingerprint density at radius 1 is 1.53 bits per heavy atom. The van der Waals surface area contributed by atoms with Crippen molar-refractivity contribution in [2.45, 2.75) is 38.4 Å². The molecule has 1 amide bonds. The Kier molecular flexibility index (Phi) is 6.86. The van der Waals surface area contributed by atoms with Gasteiger partial charge in [-0.25, -0.2) is 4.98 Å². The van der Waals surface area contributed by atoms with Crippen LogP contribution in [0.3, 0.4) is 0 Å². The molecule has 1 aromatic heterocycles. The number of thioether (sulfide) groups is 1. The molecule has 0 radical (unpaired) electrons. The number of aryl methyl sites for hydroxylation is 1. The molecule has 106 valence electrons. The van der Waals surface area contributed by atoms with Crippen molar-refractivity contribution >= 4 is 40.1 Å². The molecule has 0 unspecified atom stereocenters. The second-order valence-corrected chi connectivity index (χ2v) is 6.72. The van der Waals surface area contributed by atoms with E-state index in [0.717, 1.165) is 5.69 Å². The zero-order valence-corrected chi connectivity index (χ0v) is 12.6. The maximum absolute atomic E-state index is 11.6. The second kappa shape index (κ2) is 8.16. The van der Waals surface area contributed by atoms with Crippen LogP contribution < -0.4 is 5.32 Å². The van der Waals surface area contributed by atoms with Crippen molar-refractivity contribution in [2.24, 2.45) is 0 Å². The number of nitrogens with zero attached hydrogens (tertiary/aromatic N) is 1. The lowest BCUT2D eigenvalue weighted by Crippen LogP contribution is -2.15. The third-order valence-electron chi connectivity index (χ3n) is 2.17. The summed E-state index contributed by atoms with van der Waals surface area (Å²) in [6.07, 6.45) is 1.33. The Labute approximate surface area is 120 Å². The van der Waals surface area contributed by atoms with Gasteiger partial charge in [0.1, 0.15) is 0 Å². The van der Waals surface area contributed by atoms with Gasteiger partial charge in [-0.15, -0.1) is 23.1 Å². The van der Waals surface area contributed by atoms with Crippen molar-refractivity contribution in [2.75, 3.05) is 11.1 Å². The molecule has 0 saturated heterocycles. The van der Waals surface area contributed by atoms with Crippen LogP contribution in [-0.2, 0) is 16.0 Å². The van der Waals surface area contributed by atoms with Crippen molar-refractivity contribution in [3.8, 4) is 0 Å². The van der Waals surface area contributed by atoms with Gasteiger partial charge in [-0.2, -0.15) is 0 Å². The van der Waals surface area contributed by atoms with Crippen LogP contribution in [0, 0.1) is 0 Å². The van der Waals surface area contributed by atoms with Crippen LogP contribution in [0.1, 0.15) is 32.4 Å². The summed E-state index contributed by atoms with van der Waals surface area (Å²) in [7, 11) is 0. The average molecular weight is 302 g/mol. The maximum atomic E-state index is 11.6. The van der Waals surface area contributed by atoms with E-state index < -0.39 is 5.97 Å². The molecule has 19 heavy (non-hydrogen) atoms. The standard InChI is InChI=1S/C12H18N2O3S2/c1-8(2)18-7-10(15)14-12-13-9(6-19-12)4-3-5-11(16)17/h6,8H,3-5,7H2,1-2H3,(H,16,17)(H,13,14,15). The summed E-state index contributed by atoms with van der Waals surface area (Å²) < 4.78 is 0. The molecular formula is C12H18N2O3S2. The third-order valence-corrected chi connectivity index (χ3v) is 4.07. The van der Waals surface area contributed by atoms with Crippen LogP contribution in [0.4, 0.5) is 5.13 Å². The first kappa shape index (κ1) is 16.0. The number of nitrogens with one attached hydrogen (secondary N) is 1. The molecule has 0 saturated carbocycles. The quantitative estimate of drug-likeness (QED) is 0.771. The minimum Gasteiger partial charge on any atom is -0.481 e. The van der Waals surface area contributed by atoms with Gasteiger partial charge in [0.15, 0.2) is 5.13 Å². The highest BCUT2D eigenvalue weighted by Gasteiger charge is 2.08. The summed E-state index contributed by atoms with van der Waals surface area (Å²) in [4.78, 5) is 26.2. The van der Waals surface area contributed by atoms with E-state index in [9.17, 15) is 9.59 Å². The number of amides is 1. The normalized spacial score (nSPS) is 10.7. The topological polar surface area (TPSA) is 79.3 Å². The molecule has 2 N–H and O–H groups in total. The van der Waals surface area contributed by atoms with Gasteiger partial charge in [0.2, 0.25) is 5.91 Å². The number of carboxylic acids is 1. The Balaban J connectivity index is 2.33. The molecule has 0 aromatic carbocycles. The molecule has 0 aliphatic heterocycles. The summed E-state index contributed by atoms with van der Waals surface area (Å²) >= 11 is 2.95. The van der Waals surface area contributed by atoms with E-state index in [1.54, 1.807) is 11.8 Å². The molecule has 1 aromatic rings. The van der Waals surface area contributed by atoms with Crippen LogP contribution in [0.5, 0.6) is 0 Å². The molecule has 0 aliphatic carbocycles. The zero-order chi connectivity index (χ0) is 14.3. The first-order valence-corrected chi connectivity index (χ1v) is 7.98. The Hall–Kier alpha value is -1.08. The lowest BCUT2D eigenvalue weighted by molar-refractivity contribution is -0.137. The smallest absolute Gasteiger partial charge is 0.303 e. The highest BCUT2D eigenvalue weighted by Crippen LogP contribution is 2.18. The number of carboxylic acid groups (broad SMARTS) is 1. The lowest BCUT2D eigenvalue weighted by Gasteiger charge is -2.03. The molecule has 0 spiro atoms. The lowest BCUT2D eigenvalue weighted by atomic mass is 10.2. The molecule has 5 nitrogen and oxygen atoms in total. The summed E-state index contributed by atoms with van der Waals surface area (Å²) in [5.74, 6) is -0.425. The molecule has 1 rings (SSSR count). The van der Waals surface area contributed by atoms with E-state index in [2.05, 4.69) is 10.3 Å². The monoisotopic (exact) mass is 302 g/mol. The largest absolute Gasteiger partial charge is 0.481 e. The molecule has 1 heterocycles. The van der Waals surface area contributed by atoms with E-state index in [-0.39, 0.29) is 12.3 Å². The number of hydrogen-bond acceptors (Lipinski definition) is 5. The fourth-order valence-electron chi connectivity index (χ4n) is 1.30. The summed E-state index contributed by atoms with van der Waals surface area (Å²) in [6.45, 7) is 4.09. The summed E-state index contributed by atoms with van der Waals surface area (Å²) in [6, 6.07) is 0. The molecule has 0 atom stereocenters. The number of anilines is 1. The van der Waals surface area contributed by atoms with Gasteiger partial charge in [-0.05, 0) is 18.1 Å². The number of aromatic nitrogens is 1. The summed E-state index contributed by atoms with van der Waals surface area (Å²) in [5, 5.41) is 14.2. The molecular weight excluding hydrogens is 284 g/mol. The number of aliphatic carboxylic acids is 1. The van der Waals surface area contributed by atoms with Crippen molar-refractivity contribution < 1.29 is 14.7 Å². The molecule has 0 fully saturated rings. The van der Waals surface area contributed by atoms with Crippen LogP contribution in [-0.4, -0.2) is 33.0 Å². The van der Waals surface area contributed by atoms with Crippen molar-refractivity contribution in [3.63, 3.8) is 0 Å². The number of thiazole rings is 1. The van der Waals surface area contributed by atoms with E-state index in [1.165, 1.54) is 11.3 Å². The maximum Gasteiger partial charge on any atom is 0.303 e. The van der Waals surface area contributed by atoms with Crippen LogP contribution in [0.25, 0.3) is 0 Å². The number of carbonyl (C=O) groups is 2. The van der Waals surface area contributed by atoms with Crippen LogP contribution in [0.2, 0.25) is 0 Å². The van der Waals surface area contributed by atoms with E-state index in [0.29, 0.717) is 29.0 Å². The third kappa shape index (κ3) is 7.17. The Morgan fingerprint density at radius 2 is 2.26 bits per heavy atom. The van der Waals surface area contributed by atoms with Crippen molar-refractivity contribution in [1.82, 2.24) is 4.98 Å². The first-order valence-electron chi connectivity index (χ1n) is 6.05. The fourth-order valence-corrected chi connectivity index (χ4v) is 2.62. The molecule has 0 bridgehead atoms. The van der Waals surface area contributed by atoms with Gasteiger partial charge in [-0.3, -0.25) is 9.59 Å². The molecule has 7 heteroatoms. The van der Waals surface area contributed by atoms with Crippen molar-refractivity contribution in [1.29, 1.82) is 0 Å². The van der Waals surface area contributed by atoms with Gasteiger partial charge < -0.3 is 10.4 Å². The van der Waals surface area contributed by atoms with Crippen molar-refractivity contribution in [3.05, 3.63) is 11.1 Å². The van der Waals surface area contributed by atoms with E-state index >= 15 is 0 Å². The van der Waals surface area contributed by atoms with Gasteiger partial charge in [0.25, 0.3) is 0 Å². The highest BCUT2D eigenvalue weighted by atomic mass is 32.2. The second-order valence-electron chi connectivity index (χ2n) is 4.30. The predicted octanol–water partition coefficient (Wildman–Crippen LogP) is 2.63. The first-order chi connectivity index (χ1) is 8.97. The van der Waals surface area contributed by atoms with Crippen LogP contribution >= 0.6 is 23.1 Å². The van der Waals surface area contributed by atoms with E-state index in [1.807, 2.05) is 19.2 Å². The van der Waals surface area contributed by atoms with Gasteiger partial charge in [-0.1, -0.05) is 13.8 Å². The van der Waals surface area contributed by atoms with Gasteiger partial charge >= 0.3 is 5.97 Å². The molecule has 0 aliphatic rings.